The summed E-state index contributed by atoms with van der Waals surface area (Å²) < 4.78 is 12.3. The van der Waals surface area contributed by atoms with Gasteiger partial charge in [-0.05, 0) is 57.9 Å². The topological polar surface area (TPSA) is 76.2 Å². The minimum absolute atomic E-state index is 0.186. The van der Waals surface area contributed by atoms with Crippen LogP contribution < -0.4 is 10.9 Å². The van der Waals surface area contributed by atoms with Crippen molar-refractivity contribution < 1.29 is 9.31 Å². The Labute approximate surface area is 147 Å². The van der Waals surface area contributed by atoms with E-state index in [1.807, 2.05) is 59.0 Å². The largest absolute Gasteiger partial charge is 0.491 e. The Morgan fingerprint density at radius 2 is 1.96 bits per heavy atom. The molecule has 0 saturated carbocycles. The van der Waals surface area contributed by atoms with Crippen LogP contribution in [0.4, 0.5) is 0 Å². The van der Waals surface area contributed by atoms with Gasteiger partial charge in [0.25, 0.3) is 5.56 Å². The van der Waals surface area contributed by atoms with E-state index in [1.54, 1.807) is 6.20 Å². The lowest BCUT2D eigenvalue weighted by Gasteiger charge is -2.32. The van der Waals surface area contributed by atoms with Crippen LogP contribution in [-0.2, 0) is 9.31 Å². The number of nitrogens with one attached hydrogen (secondary N) is 2. The van der Waals surface area contributed by atoms with Gasteiger partial charge in [-0.15, -0.1) is 0 Å². The van der Waals surface area contributed by atoms with Crippen molar-refractivity contribution >= 4 is 24.0 Å². The molecule has 25 heavy (non-hydrogen) atoms. The van der Waals surface area contributed by atoms with Crippen molar-refractivity contribution in [3.05, 3.63) is 45.8 Å². The number of H-pyrrole nitrogens is 1. The number of hydrogen-bond donors (Lipinski definition) is 2. The molecule has 2 aromatic rings. The maximum atomic E-state index is 11.8. The molecule has 0 atom stereocenters. The number of aromatic nitrogens is 2. The predicted molar refractivity (Wildman–Crippen MR) is 100 cm³/mol. The third-order valence-electron chi connectivity index (χ3n) is 4.98. The molecule has 0 aliphatic carbocycles. The first kappa shape index (κ1) is 17.9. The lowest BCUT2D eigenvalue weighted by Crippen LogP contribution is -2.41. The van der Waals surface area contributed by atoms with Crippen molar-refractivity contribution in [2.75, 3.05) is 13.6 Å². The molecule has 1 saturated heterocycles. The van der Waals surface area contributed by atoms with Gasteiger partial charge >= 0.3 is 7.12 Å². The van der Waals surface area contributed by atoms with Crippen molar-refractivity contribution in [2.45, 2.75) is 38.9 Å². The molecule has 7 heteroatoms. The van der Waals surface area contributed by atoms with Crippen LogP contribution in [0, 0.1) is 0 Å². The molecule has 0 unspecified atom stereocenters. The SMILES string of the molecule is CNCC(=Cc1ccc2c(=O)[nH]ncc2c1)B1OC(C)(C)C(C)(C)O1. The molecule has 1 aliphatic rings. The van der Waals surface area contributed by atoms with E-state index in [-0.39, 0.29) is 16.8 Å². The third kappa shape index (κ3) is 3.40. The summed E-state index contributed by atoms with van der Waals surface area (Å²) in [6, 6.07) is 5.67. The number of fused-ring (bicyclic) bond motifs is 1. The Hall–Kier alpha value is -1.96. The van der Waals surface area contributed by atoms with Crippen LogP contribution in [0.1, 0.15) is 33.3 Å². The number of hydrogen-bond acceptors (Lipinski definition) is 5. The van der Waals surface area contributed by atoms with Crippen molar-refractivity contribution in [3.63, 3.8) is 0 Å². The molecule has 0 bridgehead atoms. The Bertz CT molecular complexity index is 857. The van der Waals surface area contributed by atoms with Gasteiger partial charge in [0.1, 0.15) is 0 Å². The predicted octanol–water partition coefficient (Wildman–Crippen LogP) is 2.16. The fraction of sp³-hybridized carbons (Fsp3) is 0.444. The average molecular weight is 341 g/mol. The summed E-state index contributed by atoms with van der Waals surface area (Å²) in [6.07, 6.45) is 3.69. The second-order valence-corrected chi connectivity index (χ2v) is 7.38. The third-order valence-corrected chi connectivity index (χ3v) is 4.98. The minimum atomic E-state index is -0.412. The lowest BCUT2D eigenvalue weighted by atomic mass is 9.77. The summed E-state index contributed by atoms with van der Waals surface area (Å²) >= 11 is 0. The smallest absolute Gasteiger partial charge is 0.400 e. The molecule has 1 fully saturated rings. The molecule has 0 amide bonds. The molecule has 2 N–H and O–H groups in total. The van der Waals surface area contributed by atoms with Crippen LogP contribution in [0.3, 0.4) is 0 Å². The van der Waals surface area contributed by atoms with Gasteiger partial charge in [0.05, 0.1) is 22.8 Å². The number of aromatic amines is 1. The molecule has 3 rings (SSSR count). The van der Waals surface area contributed by atoms with Crippen molar-refractivity contribution in [2.24, 2.45) is 0 Å². The fourth-order valence-electron chi connectivity index (χ4n) is 2.82. The van der Waals surface area contributed by atoms with Crippen LogP contribution >= 0.6 is 0 Å². The second-order valence-electron chi connectivity index (χ2n) is 7.38. The van der Waals surface area contributed by atoms with E-state index in [2.05, 4.69) is 15.5 Å². The molecule has 0 radical (unpaired) electrons. The van der Waals surface area contributed by atoms with Crippen LogP contribution in [-0.4, -0.2) is 42.1 Å². The Morgan fingerprint density at radius 3 is 2.60 bits per heavy atom. The van der Waals surface area contributed by atoms with Crippen LogP contribution in [0.15, 0.2) is 34.7 Å². The molecule has 2 heterocycles. The zero-order chi connectivity index (χ0) is 18.2. The maximum absolute atomic E-state index is 11.8. The second kappa shape index (κ2) is 6.40. The Morgan fingerprint density at radius 1 is 1.28 bits per heavy atom. The molecule has 132 valence electrons. The molecule has 0 spiro atoms. The zero-order valence-corrected chi connectivity index (χ0v) is 15.3. The van der Waals surface area contributed by atoms with Gasteiger partial charge in [-0.1, -0.05) is 12.1 Å². The van der Waals surface area contributed by atoms with Gasteiger partial charge in [0.15, 0.2) is 0 Å². The molecule has 1 aromatic carbocycles. The van der Waals surface area contributed by atoms with Gasteiger partial charge in [-0.2, -0.15) is 5.10 Å². The van der Waals surface area contributed by atoms with Crippen LogP contribution in [0.5, 0.6) is 0 Å². The van der Waals surface area contributed by atoms with E-state index in [0.717, 1.165) is 16.4 Å². The van der Waals surface area contributed by atoms with E-state index in [9.17, 15) is 4.79 Å². The summed E-state index contributed by atoms with van der Waals surface area (Å²) in [6.45, 7) is 8.80. The van der Waals surface area contributed by atoms with Gasteiger partial charge in [-0.3, -0.25) is 4.79 Å². The van der Waals surface area contributed by atoms with Crippen molar-refractivity contribution in [3.8, 4) is 0 Å². The molecular formula is C18H24BN3O3. The molecular weight excluding hydrogens is 317 g/mol. The molecule has 1 aliphatic heterocycles. The normalized spacial score (nSPS) is 19.6. The highest BCUT2D eigenvalue weighted by Gasteiger charge is 2.52. The molecule has 1 aromatic heterocycles. The summed E-state index contributed by atoms with van der Waals surface area (Å²) in [7, 11) is 1.48. The highest BCUT2D eigenvalue weighted by atomic mass is 16.7. The zero-order valence-electron chi connectivity index (χ0n) is 15.3. The van der Waals surface area contributed by atoms with E-state index >= 15 is 0 Å². The van der Waals surface area contributed by atoms with Crippen LogP contribution in [0.2, 0.25) is 0 Å². The van der Waals surface area contributed by atoms with Gasteiger partial charge in [-0.25, -0.2) is 5.10 Å². The number of nitrogens with zero attached hydrogens (tertiary/aromatic N) is 1. The Kier molecular flexibility index (Phi) is 4.57. The average Bonchev–Trinajstić information content (AvgIpc) is 2.75. The van der Waals surface area contributed by atoms with E-state index in [1.165, 1.54) is 0 Å². The first-order valence-corrected chi connectivity index (χ1v) is 8.42. The van der Waals surface area contributed by atoms with Crippen molar-refractivity contribution in [1.82, 2.24) is 15.5 Å². The summed E-state index contributed by atoms with van der Waals surface area (Å²) in [5.41, 5.74) is 1.02. The molecule has 6 nitrogen and oxygen atoms in total. The maximum Gasteiger partial charge on any atom is 0.491 e. The Balaban J connectivity index is 1.97. The number of likely N-dealkylation sites (N-methyl/N-ethyl adjacent to an activating group) is 1. The van der Waals surface area contributed by atoms with Gasteiger partial charge in [0.2, 0.25) is 0 Å². The standard InChI is InChI=1S/C18H24BN3O3/c1-17(2)18(3,4)25-19(24-17)14(11-20-5)9-12-6-7-15-13(8-12)10-21-22-16(15)23/h6-10,20H,11H2,1-5H3,(H,22,23). The van der Waals surface area contributed by atoms with Gasteiger partial charge in [0, 0.05) is 11.9 Å². The summed E-state index contributed by atoms with van der Waals surface area (Å²) in [5.74, 6) is 0. The van der Waals surface area contributed by atoms with Crippen LogP contribution in [0.25, 0.3) is 16.8 Å². The summed E-state index contributed by atoms with van der Waals surface area (Å²) in [4.78, 5) is 11.8. The first-order valence-electron chi connectivity index (χ1n) is 8.42. The quantitative estimate of drug-likeness (QED) is 0.834. The van der Waals surface area contributed by atoms with Crippen molar-refractivity contribution in [1.29, 1.82) is 0 Å². The monoisotopic (exact) mass is 341 g/mol. The van der Waals surface area contributed by atoms with E-state index in [4.69, 9.17) is 9.31 Å². The lowest BCUT2D eigenvalue weighted by molar-refractivity contribution is 0.00578. The highest BCUT2D eigenvalue weighted by Crippen LogP contribution is 2.38. The highest BCUT2D eigenvalue weighted by molar-refractivity contribution is 6.55. The van der Waals surface area contributed by atoms with E-state index < -0.39 is 7.12 Å². The van der Waals surface area contributed by atoms with E-state index in [0.29, 0.717) is 11.9 Å². The number of benzene rings is 1. The summed E-state index contributed by atoms with van der Waals surface area (Å²) in [5, 5.41) is 10.9. The fourth-order valence-corrected chi connectivity index (χ4v) is 2.82. The van der Waals surface area contributed by atoms with Gasteiger partial charge < -0.3 is 14.6 Å². The number of rotatable bonds is 4. The first-order chi connectivity index (χ1) is 11.7. The minimum Gasteiger partial charge on any atom is -0.400 e.